The molecule has 29 heavy (non-hydrogen) atoms. The van der Waals surface area contributed by atoms with Crippen LogP contribution in [0.5, 0.6) is 5.75 Å². The Morgan fingerprint density at radius 2 is 2.07 bits per heavy atom. The number of carbonyl (C=O) groups excluding carboxylic acids is 2. The maximum atomic E-state index is 12.6. The van der Waals surface area contributed by atoms with Crippen LogP contribution in [-0.4, -0.2) is 28.3 Å². The van der Waals surface area contributed by atoms with Crippen LogP contribution in [0.1, 0.15) is 38.2 Å². The van der Waals surface area contributed by atoms with Gasteiger partial charge in [-0.25, -0.2) is 9.48 Å². The van der Waals surface area contributed by atoms with Crippen LogP contribution < -0.4 is 10.1 Å². The number of esters is 1. The number of anilines is 1. The Labute approximate surface area is 177 Å². The van der Waals surface area contributed by atoms with Gasteiger partial charge in [0.15, 0.2) is 12.4 Å². The van der Waals surface area contributed by atoms with Gasteiger partial charge in [-0.05, 0) is 50.6 Å². The zero-order valence-corrected chi connectivity index (χ0v) is 17.8. The Kier molecular flexibility index (Phi) is 6.56. The molecule has 7 nitrogen and oxygen atoms in total. The highest BCUT2D eigenvalue weighted by molar-refractivity contribution is 7.16. The molecule has 0 unspecified atom stereocenters. The minimum Gasteiger partial charge on any atom is -0.471 e. The molecule has 0 aliphatic heterocycles. The fourth-order valence-electron chi connectivity index (χ4n) is 2.58. The fourth-order valence-corrected chi connectivity index (χ4v) is 3.81. The summed E-state index contributed by atoms with van der Waals surface area (Å²) in [7, 11) is 0. The summed E-state index contributed by atoms with van der Waals surface area (Å²) < 4.78 is 12.2. The van der Waals surface area contributed by atoms with Gasteiger partial charge in [0.2, 0.25) is 0 Å². The van der Waals surface area contributed by atoms with Crippen molar-refractivity contribution in [3.63, 3.8) is 0 Å². The lowest BCUT2D eigenvalue weighted by Crippen LogP contribution is -2.16. The highest BCUT2D eigenvalue weighted by Gasteiger charge is 2.23. The number of carbonyl (C=O) groups is 2. The topological polar surface area (TPSA) is 82.5 Å². The van der Waals surface area contributed by atoms with Crippen LogP contribution in [0.15, 0.2) is 36.5 Å². The van der Waals surface area contributed by atoms with Crippen LogP contribution in [0.25, 0.3) is 0 Å². The van der Waals surface area contributed by atoms with Gasteiger partial charge < -0.3 is 14.8 Å². The molecule has 0 aliphatic carbocycles. The molecule has 0 saturated carbocycles. The molecule has 152 valence electrons. The van der Waals surface area contributed by atoms with Gasteiger partial charge in [0, 0.05) is 16.1 Å². The normalized spacial score (nSPS) is 10.6. The summed E-state index contributed by atoms with van der Waals surface area (Å²) >= 11 is 7.26. The summed E-state index contributed by atoms with van der Waals surface area (Å²) in [5.74, 6) is -0.272. The Bertz CT molecular complexity index is 1040. The van der Waals surface area contributed by atoms with E-state index >= 15 is 0 Å². The lowest BCUT2D eigenvalue weighted by Gasteiger charge is -2.07. The number of hydrogen-bond donors (Lipinski definition) is 1. The largest absolute Gasteiger partial charge is 0.471 e. The molecular formula is C20H20ClN3O4S. The second-order valence-electron chi connectivity index (χ2n) is 6.13. The highest BCUT2D eigenvalue weighted by atomic mass is 35.5. The predicted octanol–water partition coefficient (Wildman–Crippen LogP) is 4.68. The molecule has 2 aromatic heterocycles. The summed E-state index contributed by atoms with van der Waals surface area (Å²) in [5.41, 5.74) is 1.38. The van der Waals surface area contributed by atoms with Crippen molar-refractivity contribution in [3.8, 4) is 5.75 Å². The van der Waals surface area contributed by atoms with E-state index in [0.29, 0.717) is 21.3 Å². The zero-order chi connectivity index (χ0) is 21.0. The third-order valence-corrected chi connectivity index (χ3v) is 5.48. The van der Waals surface area contributed by atoms with Crippen LogP contribution in [0.4, 0.5) is 5.00 Å². The number of aromatic nitrogens is 2. The van der Waals surface area contributed by atoms with E-state index in [1.54, 1.807) is 43.5 Å². The molecule has 2 heterocycles. The number of aryl methyl sites for hydroxylation is 1. The van der Waals surface area contributed by atoms with Crippen molar-refractivity contribution in [3.05, 3.63) is 63.2 Å². The molecule has 0 fully saturated rings. The number of amides is 1. The lowest BCUT2D eigenvalue weighted by molar-refractivity contribution is 0.0527. The second-order valence-corrected chi connectivity index (χ2v) is 7.79. The van der Waals surface area contributed by atoms with E-state index in [2.05, 4.69) is 10.4 Å². The molecular weight excluding hydrogens is 414 g/mol. The van der Waals surface area contributed by atoms with Crippen LogP contribution in [0.2, 0.25) is 5.02 Å². The third kappa shape index (κ3) is 4.96. The Morgan fingerprint density at radius 1 is 1.28 bits per heavy atom. The molecule has 0 aliphatic rings. The Balaban J connectivity index is 1.69. The van der Waals surface area contributed by atoms with Crippen molar-refractivity contribution in [1.82, 2.24) is 9.78 Å². The number of halogens is 1. The Hall–Kier alpha value is -2.84. The van der Waals surface area contributed by atoms with E-state index < -0.39 is 11.9 Å². The number of hydrogen-bond acceptors (Lipinski definition) is 6. The van der Waals surface area contributed by atoms with Crippen molar-refractivity contribution in [2.75, 3.05) is 11.9 Å². The summed E-state index contributed by atoms with van der Waals surface area (Å²) in [4.78, 5) is 25.8. The molecule has 1 N–H and O–H groups in total. The minimum atomic E-state index is -0.454. The maximum absolute atomic E-state index is 12.6. The van der Waals surface area contributed by atoms with E-state index in [1.165, 1.54) is 16.0 Å². The number of nitrogens with one attached hydrogen (secondary N) is 1. The molecule has 9 heteroatoms. The Morgan fingerprint density at radius 3 is 2.79 bits per heavy atom. The van der Waals surface area contributed by atoms with Gasteiger partial charge in [-0.2, -0.15) is 5.10 Å². The molecule has 1 aromatic carbocycles. The number of ether oxygens (including phenoxy) is 2. The van der Waals surface area contributed by atoms with Crippen molar-refractivity contribution >= 4 is 39.8 Å². The average molecular weight is 434 g/mol. The number of rotatable bonds is 7. The van der Waals surface area contributed by atoms with E-state index in [0.717, 1.165) is 10.4 Å². The average Bonchev–Trinajstić information content (AvgIpc) is 3.25. The monoisotopic (exact) mass is 433 g/mol. The molecule has 0 bridgehead atoms. The lowest BCUT2D eigenvalue weighted by atomic mass is 10.1. The van der Waals surface area contributed by atoms with Crippen molar-refractivity contribution in [2.45, 2.75) is 27.5 Å². The van der Waals surface area contributed by atoms with Gasteiger partial charge in [-0.3, -0.25) is 4.79 Å². The molecule has 3 aromatic rings. The van der Waals surface area contributed by atoms with Gasteiger partial charge in [-0.15, -0.1) is 11.3 Å². The summed E-state index contributed by atoms with van der Waals surface area (Å²) in [6.45, 7) is 5.84. The van der Waals surface area contributed by atoms with Gasteiger partial charge >= 0.3 is 5.97 Å². The van der Waals surface area contributed by atoms with Crippen LogP contribution in [-0.2, 0) is 11.5 Å². The molecule has 0 atom stereocenters. The first-order valence-electron chi connectivity index (χ1n) is 8.89. The van der Waals surface area contributed by atoms with Gasteiger partial charge in [-0.1, -0.05) is 17.7 Å². The van der Waals surface area contributed by atoms with Crippen LogP contribution in [0.3, 0.4) is 0 Å². The fraction of sp³-hybridized carbons (Fsp3) is 0.250. The second kappa shape index (κ2) is 9.11. The standard InChI is InChI=1S/C20H20ClN3O4S/c1-4-27-20(26)17-12(2)13(3)29-19(17)22-18(25)16-8-9-24(23-16)11-28-15-7-5-6-14(21)10-15/h5-10H,4,11H2,1-3H3,(H,22,25). The van der Waals surface area contributed by atoms with Gasteiger partial charge in [0.05, 0.1) is 12.2 Å². The van der Waals surface area contributed by atoms with Gasteiger partial charge in [0.25, 0.3) is 5.91 Å². The first-order chi connectivity index (χ1) is 13.9. The first-order valence-corrected chi connectivity index (χ1v) is 10.1. The first kappa shape index (κ1) is 20.9. The maximum Gasteiger partial charge on any atom is 0.341 e. The number of benzene rings is 1. The third-order valence-electron chi connectivity index (χ3n) is 4.12. The van der Waals surface area contributed by atoms with Crippen molar-refractivity contribution < 1.29 is 19.1 Å². The van der Waals surface area contributed by atoms with Crippen LogP contribution in [0, 0.1) is 13.8 Å². The highest BCUT2D eigenvalue weighted by Crippen LogP contribution is 2.33. The molecule has 0 radical (unpaired) electrons. The van der Waals surface area contributed by atoms with Crippen molar-refractivity contribution in [1.29, 1.82) is 0 Å². The molecule has 1 amide bonds. The van der Waals surface area contributed by atoms with E-state index in [-0.39, 0.29) is 19.0 Å². The SMILES string of the molecule is CCOC(=O)c1c(NC(=O)c2ccn(COc3cccc(Cl)c3)n2)sc(C)c1C. The van der Waals surface area contributed by atoms with Crippen molar-refractivity contribution in [2.24, 2.45) is 0 Å². The summed E-state index contributed by atoms with van der Waals surface area (Å²) in [6.07, 6.45) is 1.64. The molecule has 0 saturated heterocycles. The minimum absolute atomic E-state index is 0.124. The van der Waals surface area contributed by atoms with E-state index in [9.17, 15) is 9.59 Å². The predicted molar refractivity (Wildman–Crippen MR) is 112 cm³/mol. The smallest absolute Gasteiger partial charge is 0.341 e. The summed E-state index contributed by atoms with van der Waals surface area (Å²) in [6, 6.07) is 8.58. The summed E-state index contributed by atoms with van der Waals surface area (Å²) in [5, 5.41) is 8.01. The molecule has 3 rings (SSSR count). The quantitative estimate of drug-likeness (QED) is 0.547. The van der Waals surface area contributed by atoms with Crippen LogP contribution >= 0.6 is 22.9 Å². The number of nitrogens with zero attached hydrogens (tertiary/aromatic N) is 2. The number of thiophene rings is 1. The zero-order valence-electron chi connectivity index (χ0n) is 16.2. The van der Waals surface area contributed by atoms with Gasteiger partial charge in [0.1, 0.15) is 10.8 Å². The molecule has 0 spiro atoms. The van der Waals surface area contributed by atoms with E-state index in [4.69, 9.17) is 21.1 Å². The van der Waals surface area contributed by atoms with E-state index in [1.807, 2.05) is 13.8 Å².